The molecule has 0 aliphatic carbocycles. The van der Waals surface area contributed by atoms with Crippen LogP contribution in [0.3, 0.4) is 0 Å². The van der Waals surface area contributed by atoms with E-state index in [1.165, 1.54) is 0 Å². The summed E-state index contributed by atoms with van der Waals surface area (Å²) in [6, 6.07) is 12.9. The minimum atomic E-state index is -2.79. The normalized spacial score (nSPS) is 12.6. The molecule has 132 valence electrons. The lowest BCUT2D eigenvalue weighted by atomic mass is 10.1. The van der Waals surface area contributed by atoms with Crippen LogP contribution in [0.1, 0.15) is 24.7 Å². The Morgan fingerprint density at radius 3 is 2.68 bits per heavy atom. The van der Waals surface area contributed by atoms with Crippen LogP contribution in [0.2, 0.25) is 0 Å². The largest absolute Gasteiger partial charge is 0.435 e. The lowest BCUT2D eigenvalue weighted by molar-refractivity contribution is -0.0498. The molecule has 0 amide bonds. The number of benzene rings is 1. The minimum Gasteiger partial charge on any atom is -0.435 e. The molecule has 0 radical (unpaired) electrons. The summed E-state index contributed by atoms with van der Waals surface area (Å²) in [6.45, 7) is -0.0475. The molecule has 0 fully saturated rings. The molecule has 1 aromatic carbocycles. The maximum Gasteiger partial charge on any atom is 0.387 e. The van der Waals surface area contributed by atoms with Crippen molar-refractivity contribution in [2.24, 2.45) is 0 Å². The Bertz CT molecular complexity index is 804. The van der Waals surface area contributed by atoms with Crippen molar-refractivity contribution in [2.75, 3.05) is 0 Å². The third kappa shape index (κ3) is 4.73. The fraction of sp³-hybridized carbons (Fsp3) is 0.333. The van der Waals surface area contributed by atoms with Crippen LogP contribution in [0.5, 0.6) is 5.75 Å². The molecule has 2 aromatic heterocycles. The van der Waals surface area contributed by atoms with Crippen molar-refractivity contribution in [3.63, 3.8) is 0 Å². The summed E-state index contributed by atoms with van der Waals surface area (Å²) in [7, 11) is 0. The van der Waals surface area contributed by atoms with Crippen molar-refractivity contribution in [1.29, 1.82) is 0 Å². The van der Waals surface area contributed by atoms with E-state index in [0.717, 1.165) is 29.9 Å². The summed E-state index contributed by atoms with van der Waals surface area (Å²) in [4.78, 5) is 0. The fourth-order valence-corrected chi connectivity index (χ4v) is 2.60. The van der Waals surface area contributed by atoms with E-state index in [0.29, 0.717) is 6.54 Å². The number of hydrogen-bond donors (Lipinski definition) is 1. The third-order valence-electron chi connectivity index (χ3n) is 4.01. The number of rotatable bonds is 8. The van der Waals surface area contributed by atoms with Crippen LogP contribution in [0, 0.1) is 0 Å². The van der Waals surface area contributed by atoms with Gasteiger partial charge in [-0.3, -0.25) is 4.40 Å². The van der Waals surface area contributed by atoms with Crippen LogP contribution in [0.25, 0.3) is 5.65 Å². The van der Waals surface area contributed by atoms with Gasteiger partial charge in [-0.25, -0.2) is 0 Å². The first-order valence-electron chi connectivity index (χ1n) is 8.17. The Morgan fingerprint density at radius 2 is 1.92 bits per heavy atom. The number of hydrogen-bond acceptors (Lipinski definition) is 4. The van der Waals surface area contributed by atoms with Gasteiger partial charge in [0.05, 0.1) is 6.54 Å². The zero-order valence-corrected chi connectivity index (χ0v) is 13.9. The van der Waals surface area contributed by atoms with E-state index in [2.05, 4.69) is 27.2 Å². The SMILES string of the molecule is CC(CCc1ccc(OC(F)F)cc1)NCc1nnc2ccccn12. The van der Waals surface area contributed by atoms with Crippen LogP contribution < -0.4 is 10.1 Å². The molecule has 0 spiro atoms. The van der Waals surface area contributed by atoms with Crippen molar-refractivity contribution in [2.45, 2.75) is 39.0 Å². The van der Waals surface area contributed by atoms with Crippen LogP contribution in [0.15, 0.2) is 48.7 Å². The molecule has 0 saturated heterocycles. The van der Waals surface area contributed by atoms with E-state index in [9.17, 15) is 8.78 Å². The van der Waals surface area contributed by atoms with Gasteiger partial charge in [0, 0.05) is 12.2 Å². The molecule has 1 unspecified atom stereocenters. The van der Waals surface area contributed by atoms with Gasteiger partial charge < -0.3 is 10.1 Å². The average molecular weight is 346 g/mol. The maximum atomic E-state index is 12.1. The second-order valence-corrected chi connectivity index (χ2v) is 5.89. The smallest absolute Gasteiger partial charge is 0.387 e. The van der Waals surface area contributed by atoms with E-state index >= 15 is 0 Å². The first-order valence-corrected chi connectivity index (χ1v) is 8.17. The van der Waals surface area contributed by atoms with Gasteiger partial charge in [-0.1, -0.05) is 18.2 Å². The molecule has 0 saturated carbocycles. The van der Waals surface area contributed by atoms with Crippen molar-refractivity contribution < 1.29 is 13.5 Å². The lowest BCUT2D eigenvalue weighted by Crippen LogP contribution is -2.27. The van der Waals surface area contributed by atoms with Gasteiger partial charge in [0.2, 0.25) is 0 Å². The maximum absolute atomic E-state index is 12.1. The van der Waals surface area contributed by atoms with Crippen LogP contribution in [-0.4, -0.2) is 27.3 Å². The van der Waals surface area contributed by atoms with Crippen molar-refractivity contribution in [1.82, 2.24) is 19.9 Å². The van der Waals surface area contributed by atoms with Crippen LogP contribution in [0.4, 0.5) is 8.78 Å². The summed E-state index contributed by atoms with van der Waals surface area (Å²) >= 11 is 0. The van der Waals surface area contributed by atoms with E-state index in [1.807, 2.05) is 40.9 Å². The van der Waals surface area contributed by atoms with Crippen molar-refractivity contribution in [3.05, 3.63) is 60.0 Å². The quantitative estimate of drug-likeness (QED) is 0.679. The highest BCUT2D eigenvalue weighted by Crippen LogP contribution is 2.16. The molecular formula is C18H20F2N4O. The number of alkyl halides is 2. The average Bonchev–Trinajstić information content (AvgIpc) is 3.02. The highest BCUT2D eigenvalue weighted by Gasteiger charge is 2.08. The second kappa shape index (κ2) is 8.02. The predicted octanol–water partition coefficient (Wildman–Crippen LogP) is 3.44. The Labute approximate surface area is 144 Å². The summed E-state index contributed by atoms with van der Waals surface area (Å²) < 4.78 is 30.6. The molecule has 0 bridgehead atoms. The topological polar surface area (TPSA) is 51.5 Å². The van der Waals surface area contributed by atoms with E-state index in [-0.39, 0.29) is 11.8 Å². The van der Waals surface area contributed by atoms with Crippen molar-refractivity contribution in [3.8, 4) is 5.75 Å². The fourth-order valence-electron chi connectivity index (χ4n) is 2.60. The highest BCUT2D eigenvalue weighted by molar-refractivity contribution is 5.36. The van der Waals surface area contributed by atoms with Gasteiger partial charge in [0.15, 0.2) is 11.5 Å². The monoisotopic (exact) mass is 346 g/mol. The summed E-state index contributed by atoms with van der Waals surface area (Å²) in [5, 5.41) is 11.8. The molecular weight excluding hydrogens is 326 g/mol. The molecule has 2 heterocycles. The molecule has 3 aromatic rings. The number of halogens is 2. The van der Waals surface area contributed by atoms with Gasteiger partial charge in [-0.15, -0.1) is 10.2 Å². The van der Waals surface area contributed by atoms with E-state index < -0.39 is 6.61 Å². The van der Waals surface area contributed by atoms with E-state index in [4.69, 9.17) is 0 Å². The van der Waals surface area contributed by atoms with Gasteiger partial charge in [0.1, 0.15) is 5.75 Å². The molecule has 0 aliphatic rings. The zero-order valence-electron chi connectivity index (χ0n) is 13.9. The summed E-state index contributed by atoms with van der Waals surface area (Å²) in [5.41, 5.74) is 1.92. The van der Waals surface area contributed by atoms with Crippen LogP contribution >= 0.6 is 0 Å². The number of fused-ring (bicyclic) bond motifs is 1. The zero-order chi connectivity index (χ0) is 17.6. The van der Waals surface area contributed by atoms with Gasteiger partial charge in [-0.2, -0.15) is 8.78 Å². The molecule has 0 aliphatic heterocycles. The first-order chi connectivity index (χ1) is 12.1. The number of nitrogens with one attached hydrogen (secondary N) is 1. The van der Waals surface area contributed by atoms with Gasteiger partial charge >= 0.3 is 6.61 Å². The van der Waals surface area contributed by atoms with E-state index in [1.54, 1.807) is 12.1 Å². The van der Waals surface area contributed by atoms with Gasteiger partial charge in [-0.05, 0) is 49.6 Å². The highest BCUT2D eigenvalue weighted by atomic mass is 19.3. The predicted molar refractivity (Wildman–Crippen MR) is 90.7 cm³/mol. The minimum absolute atomic E-state index is 0.184. The first kappa shape index (κ1) is 17.3. The number of aryl methyl sites for hydroxylation is 1. The van der Waals surface area contributed by atoms with Crippen LogP contribution in [-0.2, 0) is 13.0 Å². The molecule has 7 heteroatoms. The number of pyridine rings is 1. The molecule has 3 rings (SSSR count). The Hall–Kier alpha value is -2.54. The Balaban J connectivity index is 1.47. The number of aromatic nitrogens is 3. The Kier molecular flexibility index (Phi) is 5.55. The lowest BCUT2D eigenvalue weighted by Gasteiger charge is -2.13. The second-order valence-electron chi connectivity index (χ2n) is 5.89. The number of ether oxygens (including phenoxy) is 1. The molecule has 1 N–H and O–H groups in total. The summed E-state index contributed by atoms with van der Waals surface area (Å²) in [6.07, 6.45) is 3.72. The van der Waals surface area contributed by atoms with Gasteiger partial charge in [0.25, 0.3) is 0 Å². The Morgan fingerprint density at radius 1 is 1.12 bits per heavy atom. The molecule has 1 atom stereocenters. The molecule has 25 heavy (non-hydrogen) atoms. The third-order valence-corrected chi connectivity index (χ3v) is 4.01. The summed E-state index contributed by atoms with van der Waals surface area (Å²) in [5.74, 6) is 1.06. The number of nitrogens with zero attached hydrogens (tertiary/aromatic N) is 3. The molecule has 5 nitrogen and oxygen atoms in total. The standard InChI is InChI=1S/C18H20F2N4O/c1-13(5-6-14-7-9-15(10-8-14)25-18(19)20)21-12-17-23-22-16-4-2-3-11-24(16)17/h2-4,7-11,13,18,21H,5-6,12H2,1H3. The van der Waals surface area contributed by atoms with Crippen molar-refractivity contribution >= 4 is 5.65 Å².